The number of rotatable bonds is 7. The molecular formula is C13H25N3O. The summed E-state index contributed by atoms with van der Waals surface area (Å²) in [6, 6.07) is 2.15. The Morgan fingerprint density at radius 3 is 2.65 bits per heavy atom. The highest BCUT2D eigenvalue weighted by molar-refractivity contribution is 5.09. The zero-order valence-corrected chi connectivity index (χ0v) is 11.7. The van der Waals surface area contributed by atoms with Gasteiger partial charge in [-0.2, -0.15) is 5.10 Å². The zero-order valence-electron chi connectivity index (χ0n) is 11.7. The van der Waals surface area contributed by atoms with Crippen molar-refractivity contribution in [1.82, 2.24) is 15.1 Å². The highest BCUT2D eigenvalue weighted by atomic mass is 16.5. The van der Waals surface area contributed by atoms with Crippen LogP contribution in [0.2, 0.25) is 0 Å². The molecule has 4 heteroatoms. The van der Waals surface area contributed by atoms with Gasteiger partial charge in [0.1, 0.15) is 0 Å². The third kappa shape index (κ3) is 4.48. The van der Waals surface area contributed by atoms with Crippen LogP contribution in [0.4, 0.5) is 0 Å². The van der Waals surface area contributed by atoms with Crippen LogP contribution in [0, 0.1) is 0 Å². The van der Waals surface area contributed by atoms with Crippen LogP contribution in [0.3, 0.4) is 0 Å². The van der Waals surface area contributed by atoms with Gasteiger partial charge in [0.15, 0.2) is 0 Å². The number of ether oxygens (including phenoxy) is 1. The monoisotopic (exact) mass is 239 g/mol. The van der Waals surface area contributed by atoms with Gasteiger partial charge in [0, 0.05) is 26.7 Å². The Kier molecular flexibility index (Phi) is 5.15. The first-order valence-corrected chi connectivity index (χ1v) is 6.35. The molecular weight excluding hydrogens is 214 g/mol. The van der Waals surface area contributed by atoms with Gasteiger partial charge in [0.25, 0.3) is 0 Å². The molecule has 1 N–H and O–H groups in total. The number of nitrogens with zero attached hydrogens (tertiary/aromatic N) is 2. The van der Waals surface area contributed by atoms with E-state index in [-0.39, 0.29) is 5.60 Å². The van der Waals surface area contributed by atoms with Gasteiger partial charge < -0.3 is 10.1 Å². The summed E-state index contributed by atoms with van der Waals surface area (Å²) >= 11 is 0. The van der Waals surface area contributed by atoms with E-state index in [0.29, 0.717) is 0 Å². The summed E-state index contributed by atoms with van der Waals surface area (Å²) in [7, 11) is 1.99. The maximum absolute atomic E-state index is 5.64. The normalized spacial score (nSPS) is 12.1. The van der Waals surface area contributed by atoms with E-state index in [2.05, 4.69) is 37.3 Å². The number of aromatic nitrogens is 2. The lowest BCUT2D eigenvalue weighted by molar-refractivity contribution is -0.00906. The molecule has 0 saturated carbocycles. The van der Waals surface area contributed by atoms with E-state index in [0.717, 1.165) is 31.8 Å². The van der Waals surface area contributed by atoms with E-state index in [1.807, 2.05) is 18.7 Å². The predicted octanol–water partition coefficient (Wildman–Crippen LogP) is 1.89. The SMILES string of the molecule is CCOC(C)(C)CNCc1cc(CC)nn1C. The summed E-state index contributed by atoms with van der Waals surface area (Å²) in [5.74, 6) is 0. The van der Waals surface area contributed by atoms with E-state index < -0.39 is 0 Å². The fourth-order valence-corrected chi connectivity index (χ4v) is 1.84. The summed E-state index contributed by atoms with van der Waals surface area (Å²) in [6.45, 7) is 10.8. The van der Waals surface area contributed by atoms with Crippen LogP contribution in [0.15, 0.2) is 6.07 Å². The third-order valence-corrected chi connectivity index (χ3v) is 2.78. The van der Waals surface area contributed by atoms with E-state index in [4.69, 9.17) is 4.74 Å². The van der Waals surface area contributed by atoms with Gasteiger partial charge in [-0.1, -0.05) is 6.92 Å². The van der Waals surface area contributed by atoms with E-state index >= 15 is 0 Å². The summed E-state index contributed by atoms with van der Waals surface area (Å²) in [4.78, 5) is 0. The molecule has 0 aliphatic rings. The molecule has 98 valence electrons. The summed E-state index contributed by atoms with van der Waals surface area (Å²) in [5, 5.41) is 7.85. The van der Waals surface area contributed by atoms with Crippen LogP contribution in [0.25, 0.3) is 0 Å². The summed E-state index contributed by atoms with van der Waals surface area (Å²) in [5.41, 5.74) is 2.25. The van der Waals surface area contributed by atoms with Crippen molar-refractivity contribution in [1.29, 1.82) is 0 Å². The molecule has 1 heterocycles. The Morgan fingerprint density at radius 2 is 2.12 bits per heavy atom. The van der Waals surface area contributed by atoms with E-state index in [9.17, 15) is 0 Å². The van der Waals surface area contributed by atoms with Gasteiger partial charge in [-0.25, -0.2) is 0 Å². The molecule has 0 amide bonds. The number of hydrogen-bond donors (Lipinski definition) is 1. The molecule has 0 aliphatic heterocycles. The lowest BCUT2D eigenvalue weighted by atomic mass is 10.1. The second-order valence-corrected chi connectivity index (χ2v) is 4.90. The summed E-state index contributed by atoms with van der Waals surface area (Å²) in [6.07, 6.45) is 0.984. The Balaban J connectivity index is 2.42. The molecule has 1 aromatic heterocycles. The molecule has 0 aromatic carbocycles. The highest BCUT2D eigenvalue weighted by Gasteiger charge is 2.16. The number of hydrogen-bond acceptors (Lipinski definition) is 3. The van der Waals surface area contributed by atoms with Crippen LogP contribution in [0.5, 0.6) is 0 Å². The lowest BCUT2D eigenvalue weighted by Gasteiger charge is -2.24. The van der Waals surface area contributed by atoms with Crippen molar-refractivity contribution < 1.29 is 4.74 Å². The fourth-order valence-electron chi connectivity index (χ4n) is 1.84. The van der Waals surface area contributed by atoms with Crippen LogP contribution in [-0.2, 0) is 24.8 Å². The highest BCUT2D eigenvalue weighted by Crippen LogP contribution is 2.08. The first kappa shape index (κ1) is 14.2. The maximum atomic E-state index is 5.64. The quantitative estimate of drug-likeness (QED) is 0.789. The van der Waals surface area contributed by atoms with Crippen molar-refractivity contribution in [3.05, 3.63) is 17.5 Å². The van der Waals surface area contributed by atoms with Crippen LogP contribution in [0.1, 0.15) is 39.1 Å². The molecule has 0 atom stereocenters. The average molecular weight is 239 g/mol. The van der Waals surface area contributed by atoms with Gasteiger partial charge >= 0.3 is 0 Å². The molecule has 0 radical (unpaired) electrons. The van der Waals surface area contributed by atoms with Crippen molar-refractivity contribution in [2.24, 2.45) is 7.05 Å². The van der Waals surface area contributed by atoms with Gasteiger partial charge in [0.05, 0.1) is 17.0 Å². The predicted molar refractivity (Wildman–Crippen MR) is 70.0 cm³/mol. The first-order chi connectivity index (χ1) is 7.98. The number of nitrogens with one attached hydrogen (secondary N) is 1. The maximum Gasteiger partial charge on any atom is 0.0750 e. The van der Waals surface area contributed by atoms with Crippen molar-refractivity contribution in [2.75, 3.05) is 13.2 Å². The number of aryl methyl sites for hydroxylation is 2. The topological polar surface area (TPSA) is 39.1 Å². The van der Waals surface area contributed by atoms with Crippen molar-refractivity contribution in [3.8, 4) is 0 Å². The van der Waals surface area contributed by atoms with Gasteiger partial charge in [-0.3, -0.25) is 4.68 Å². The Hall–Kier alpha value is -0.870. The molecule has 17 heavy (non-hydrogen) atoms. The van der Waals surface area contributed by atoms with Crippen LogP contribution < -0.4 is 5.32 Å². The Labute approximate surface area is 104 Å². The lowest BCUT2D eigenvalue weighted by Crippen LogP contribution is -2.37. The largest absolute Gasteiger partial charge is 0.375 e. The fraction of sp³-hybridized carbons (Fsp3) is 0.769. The second kappa shape index (κ2) is 6.17. The average Bonchev–Trinajstić information content (AvgIpc) is 2.59. The zero-order chi connectivity index (χ0) is 12.9. The standard InChI is InChI=1S/C13H25N3O/c1-6-11-8-12(16(5)15-11)9-14-10-13(3,4)17-7-2/h8,14H,6-7,9-10H2,1-5H3. The van der Waals surface area contributed by atoms with Crippen molar-refractivity contribution in [3.63, 3.8) is 0 Å². The minimum Gasteiger partial charge on any atom is -0.375 e. The molecule has 0 saturated heterocycles. The molecule has 0 aliphatic carbocycles. The Morgan fingerprint density at radius 1 is 1.41 bits per heavy atom. The van der Waals surface area contributed by atoms with Crippen molar-refractivity contribution in [2.45, 2.75) is 46.3 Å². The second-order valence-electron chi connectivity index (χ2n) is 4.90. The summed E-state index contributed by atoms with van der Waals surface area (Å²) < 4.78 is 7.58. The molecule has 0 unspecified atom stereocenters. The van der Waals surface area contributed by atoms with Gasteiger partial charge in [-0.15, -0.1) is 0 Å². The molecule has 0 fully saturated rings. The van der Waals surface area contributed by atoms with Crippen LogP contribution >= 0.6 is 0 Å². The first-order valence-electron chi connectivity index (χ1n) is 6.35. The smallest absolute Gasteiger partial charge is 0.0750 e. The Bertz CT molecular complexity index is 344. The van der Waals surface area contributed by atoms with E-state index in [1.165, 1.54) is 5.69 Å². The molecule has 1 rings (SSSR count). The molecule has 1 aromatic rings. The molecule has 4 nitrogen and oxygen atoms in total. The minimum atomic E-state index is -0.110. The van der Waals surface area contributed by atoms with Gasteiger partial charge in [0.2, 0.25) is 0 Å². The third-order valence-electron chi connectivity index (χ3n) is 2.78. The molecule has 0 spiro atoms. The van der Waals surface area contributed by atoms with Crippen molar-refractivity contribution >= 4 is 0 Å². The van der Waals surface area contributed by atoms with E-state index in [1.54, 1.807) is 0 Å². The molecule has 0 bridgehead atoms. The minimum absolute atomic E-state index is 0.110. The van der Waals surface area contributed by atoms with Crippen LogP contribution in [-0.4, -0.2) is 28.5 Å². The van der Waals surface area contributed by atoms with Gasteiger partial charge in [-0.05, 0) is 33.3 Å².